The van der Waals surface area contributed by atoms with Crippen molar-refractivity contribution in [3.05, 3.63) is 42.2 Å². The summed E-state index contributed by atoms with van der Waals surface area (Å²) in [6.45, 7) is 0. The van der Waals surface area contributed by atoms with E-state index >= 15 is 0 Å². The van der Waals surface area contributed by atoms with Gasteiger partial charge in [0.2, 0.25) is 5.91 Å². The number of aromatic nitrogens is 4. The van der Waals surface area contributed by atoms with E-state index in [-0.39, 0.29) is 5.91 Å². The molecule has 1 N–H and O–H groups in total. The number of hydrogen-bond acceptors (Lipinski definition) is 4. The Morgan fingerprint density at radius 3 is 2.71 bits per heavy atom. The molecule has 0 bridgehead atoms. The van der Waals surface area contributed by atoms with Gasteiger partial charge < -0.3 is 5.32 Å². The van der Waals surface area contributed by atoms with Crippen molar-refractivity contribution < 1.29 is 4.79 Å². The van der Waals surface area contributed by atoms with Gasteiger partial charge >= 0.3 is 0 Å². The van der Waals surface area contributed by atoms with Gasteiger partial charge in [0.1, 0.15) is 12.4 Å². The molecule has 1 atom stereocenters. The van der Waals surface area contributed by atoms with Crippen LogP contribution in [-0.4, -0.2) is 32.2 Å². The molecule has 1 aromatic heterocycles. The first kappa shape index (κ1) is 13.7. The molecule has 0 unspecified atom stereocenters. The molecule has 1 amide bonds. The summed E-state index contributed by atoms with van der Waals surface area (Å²) in [5, 5.41) is 14.3. The Labute approximate surface area is 123 Å². The molecule has 1 fully saturated rings. The van der Waals surface area contributed by atoms with E-state index < -0.39 is 6.04 Å². The fourth-order valence-corrected chi connectivity index (χ4v) is 2.82. The molecule has 1 aliphatic rings. The van der Waals surface area contributed by atoms with Gasteiger partial charge in [0.05, 0.1) is 0 Å². The van der Waals surface area contributed by atoms with E-state index in [9.17, 15) is 4.79 Å². The van der Waals surface area contributed by atoms with Crippen molar-refractivity contribution >= 4 is 5.91 Å². The number of rotatable bonds is 5. The molecule has 3 rings (SSSR count). The summed E-state index contributed by atoms with van der Waals surface area (Å²) in [5.41, 5.74) is 1.10. The lowest BCUT2D eigenvalue weighted by molar-refractivity contribution is -0.125. The van der Waals surface area contributed by atoms with Crippen molar-refractivity contribution in [2.24, 2.45) is 0 Å². The van der Waals surface area contributed by atoms with Gasteiger partial charge in [-0.05, 0) is 28.8 Å². The molecule has 110 valence electrons. The average molecular weight is 285 g/mol. The highest BCUT2D eigenvalue weighted by atomic mass is 16.2. The first-order valence-electron chi connectivity index (χ1n) is 7.40. The van der Waals surface area contributed by atoms with Gasteiger partial charge in [0.15, 0.2) is 0 Å². The smallest absolute Gasteiger partial charge is 0.245 e. The highest BCUT2D eigenvalue weighted by Crippen LogP contribution is 2.20. The molecule has 6 heteroatoms. The zero-order valence-corrected chi connectivity index (χ0v) is 11.9. The van der Waals surface area contributed by atoms with Crippen molar-refractivity contribution in [3.63, 3.8) is 0 Å². The lowest BCUT2D eigenvalue weighted by atomic mass is 10.0. The van der Waals surface area contributed by atoms with Crippen LogP contribution in [0.3, 0.4) is 0 Å². The monoisotopic (exact) mass is 285 g/mol. The SMILES string of the molecule is O=C(NC1CCCC1)[C@@H](Cc1ccccc1)n1cnnn1. The quantitative estimate of drug-likeness (QED) is 0.904. The van der Waals surface area contributed by atoms with E-state index in [1.165, 1.54) is 23.9 Å². The topological polar surface area (TPSA) is 72.7 Å². The molecule has 0 radical (unpaired) electrons. The molecule has 0 saturated heterocycles. The molecular weight excluding hydrogens is 266 g/mol. The zero-order chi connectivity index (χ0) is 14.5. The summed E-state index contributed by atoms with van der Waals surface area (Å²) >= 11 is 0. The van der Waals surface area contributed by atoms with E-state index in [0.717, 1.165) is 18.4 Å². The van der Waals surface area contributed by atoms with Gasteiger partial charge in [-0.15, -0.1) is 5.10 Å². The second-order valence-corrected chi connectivity index (χ2v) is 5.49. The molecule has 1 heterocycles. The molecule has 1 aromatic carbocycles. The number of amides is 1. The van der Waals surface area contributed by atoms with Gasteiger partial charge in [-0.1, -0.05) is 43.2 Å². The number of carbonyl (C=O) groups excluding carboxylic acids is 1. The molecule has 1 saturated carbocycles. The van der Waals surface area contributed by atoms with Crippen molar-refractivity contribution in [2.45, 2.75) is 44.2 Å². The minimum Gasteiger partial charge on any atom is -0.352 e. The highest BCUT2D eigenvalue weighted by Gasteiger charge is 2.25. The second-order valence-electron chi connectivity index (χ2n) is 5.49. The maximum atomic E-state index is 12.6. The zero-order valence-electron chi connectivity index (χ0n) is 11.9. The van der Waals surface area contributed by atoms with Crippen LogP contribution in [0, 0.1) is 0 Å². The maximum Gasteiger partial charge on any atom is 0.245 e. The van der Waals surface area contributed by atoms with Crippen LogP contribution in [-0.2, 0) is 11.2 Å². The lowest BCUT2D eigenvalue weighted by Gasteiger charge is -2.19. The Morgan fingerprint density at radius 1 is 1.29 bits per heavy atom. The van der Waals surface area contributed by atoms with Crippen LogP contribution >= 0.6 is 0 Å². The molecule has 0 aliphatic heterocycles. The largest absolute Gasteiger partial charge is 0.352 e. The van der Waals surface area contributed by atoms with Crippen molar-refractivity contribution in [3.8, 4) is 0 Å². The van der Waals surface area contributed by atoms with Crippen LogP contribution in [0.25, 0.3) is 0 Å². The van der Waals surface area contributed by atoms with E-state index in [2.05, 4.69) is 20.8 Å². The van der Waals surface area contributed by atoms with Crippen LogP contribution in [0.1, 0.15) is 37.3 Å². The van der Waals surface area contributed by atoms with Crippen LogP contribution in [0.4, 0.5) is 0 Å². The molecule has 1 aliphatic carbocycles. The highest BCUT2D eigenvalue weighted by molar-refractivity contribution is 5.80. The summed E-state index contributed by atoms with van der Waals surface area (Å²) in [4.78, 5) is 12.6. The van der Waals surface area contributed by atoms with Gasteiger partial charge in [-0.2, -0.15) is 0 Å². The summed E-state index contributed by atoms with van der Waals surface area (Å²) in [6, 6.07) is 9.84. The molecule has 6 nitrogen and oxygen atoms in total. The normalized spacial score (nSPS) is 16.8. The Balaban J connectivity index is 1.74. The maximum absolute atomic E-state index is 12.6. The van der Waals surface area contributed by atoms with Gasteiger partial charge in [0, 0.05) is 12.5 Å². The second kappa shape index (κ2) is 6.47. The standard InChI is InChI=1S/C15H19N5O/c21-15(17-13-8-4-5-9-13)14(20-11-16-18-19-20)10-12-6-2-1-3-7-12/h1-3,6-7,11,13-14H,4-5,8-10H2,(H,17,21)/t14-/m1/s1. The molecule has 21 heavy (non-hydrogen) atoms. The van der Waals surface area contributed by atoms with E-state index in [1.807, 2.05) is 30.3 Å². The third kappa shape index (κ3) is 3.45. The fraction of sp³-hybridized carbons (Fsp3) is 0.467. The third-order valence-electron chi connectivity index (χ3n) is 3.96. The predicted molar refractivity (Wildman–Crippen MR) is 77.4 cm³/mol. The van der Waals surface area contributed by atoms with Crippen LogP contribution < -0.4 is 5.32 Å². The van der Waals surface area contributed by atoms with Gasteiger partial charge in [-0.3, -0.25) is 4.79 Å². The number of benzene rings is 1. The lowest BCUT2D eigenvalue weighted by Crippen LogP contribution is -2.39. The number of hydrogen-bond donors (Lipinski definition) is 1. The van der Waals surface area contributed by atoms with Crippen molar-refractivity contribution in [1.29, 1.82) is 0 Å². The van der Waals surface area contributed by atoms with Gasteiger partial charge in [-0.25, -0.2) is 4.68 Å². The first-order valence-corrected chi connectivity index (χ1v) is 7.40. The molecule has 0 spiro atoms. The number of nitrogens with one attached hydrogen (secondary N) is 1. The number of tetrazole rings is 1. The Kier molecular flexibility index (Phi) is 4.23. The third-order valence-corrected chi connectivity index (χ3v) is 3.96. The fourth-order valence-electron chi connectivity index (χ4n) is 2.82. The summed E-state index contributed by atoms with van der Waals surface area (Å²) in [5.74, 6) is -0.00180. The Bertz CT molecular complexity index is 563. The Morgan fingerprint density at radius 2 is 2.05 bits per heavy atom. The summed E-state index contributed by atoms with van der Waals surface area (Å²) in [7, 11) is 0. The number of nitrogens with zero attached hydrogens (tertiary/aromatic N) is 4. The van der Waals surface area contributed by atoms with Gasteiger partial charge in [0.25, 0.3) is 0 Å². The van der Waals surface area contributed by atoms with E-state index in [1.54, 1.807) is 0 Å². The van der Waals surface area contributed by atoms with Crippen molar-refractivity contribution in [1.82, 2.24) is 25.5 Å². The first-order chi connectivity index (χ1) is 10.3. The van der Waals surface area contributed by atoms with E-state index in [4.69, 9.17) is 0 Å². The summed E-state index contributed by atoms with van der Waals surface area (Å²) < 4.78 is 1.54. The van der Waals surface area contributed by atoms with Crippen LogP contribution in [0.15, 0.2) is 36.7 Å². The number of carbonyl (C=O) groups is 1. The van der Waals surface area contributed by atoms with Crippen molar-refractivity contribution in [2.75, 3.05) is 0 Å². The average Bonchev–Trinajstić information content (AvgIpc) is 3.19. The van der Waals surface area contributed by atoms with Crippen LogP contribution in [0.5, 0.6) is 0 Å². The predicted octanol–water partition coefficient (Wildman–Crippen LogP) is 1.52. The minimum atomic E-state index is -0.400. The minimum absolute atomic E-state index is 0.00180. The van der Waals surface area contributed by atoms with Crippen LogP contribution in [0.2, 0.25) is 0 Å². The summed E-state index contributed by atoms with van der Waals surface area (Å²) in [6.07, 6.45) is 6.61. The molecule has 2 aromatic rings. The Hall–Kier alpha value is -2.24. The van der Waals surface area contributed by atoms with E-state index in [0.29, 0.717) is 12.5 Å². The molecular formula is C15H19N5O.